The number of para-hydroxylation sites is 1. The van der Waals surface area contributed by atoms with Gasteiger partial charge in [0.05, 0.1) is 11.1 Å². The molecule has 1 aliphatic heterocycles. The summed E-state index contributed by atoms with van der Waals surface area (Å²) in [6.07, 6.45) is -9.99. The zero-order valence-corrected chi connectivity index (χ0v) is 11.5. The van der Waals surface area contributed by atoms with E-state index in [0.29, 0.717) is 12.1 Å². The van der Waals surface area contributed by atoms with Crippen LogP contribution in [0.5, 0.6) is 11.5 Å². The third kappa shape index (κ3) is 3.00. The Morgan fingerprint density at radius 2 is 1.38 bits per heavy atom. The normalized spacial score (nSPS) is 14.2. The van der Waals surface area contributed by atoms with E-state index in [-0.39, 0.29) is 17.6 Å². The van der Waals surface area contributed by atoms with Gasteiger partial charge >= 0.3 is 19.5 Å². The molecule has 0 radical (unpaired) electrons. The highest BCUT2D eigenvalue weighted by Gasteiger charge is 2.42. The van der Waals surface area contributed by atoms with E-state index in [9.17, 15) is 30.7 Å². The van der Waals surface area contributed by atoms with Gasteiger partial charge in [-0.1, -0.05) is 6.07 Å². The third-order valence-electron chi connectivity index (χ3n) is 3.27. The molecule has 1 heterocycles. The maximum Gasteiger partial charge on any atom is 0.632 e. The second-order valence-electron chi connectivity index (χ2n) is 4.97. The molecule has 126 valence electrons. The van der Waals surface area contributed by atoms with E-state index in [4.69, 9.17) is 9.31 Å². The quantitative estimate of drug-likeness (QED) is 0.571. The number of benzene rings is 2. The highest BCUT2D eigenvalue weighted by Crippen LogP contribution is 2.38. The molecule has 3 rings (SSSR count). The van der Waals surface area contributed by atoms with Crippen molar-refractivity contribution in [2.24, 2.45) is 0 Å². The minimum absolute atomic E-state index is 0.00776. The SMILES string of the molecule is Fc1cccc2c1OB(c1cc(C(F)(F)F)cc(C(F)(F)F)c1)O2. The van der Waals surface area contributed by atoms with Gasteiger partial charge in [-0.25, -0.2) is 4.39 Å². The van der Waals surface area contributed by atoms with Crippen molar-refractivity contribution >= 4 is 12.6 Å². The van der Waals surface area contributed by atoms with E-state index in [2.05, 4.69) is 0 Å². The fourth-order valence-electron chi connectivity index (χ4n) is 2.19. The van der Waals surface area contributed by atoms with Gasteiger partial charge in [0, 0.05) is 5.46 Å². The number of halogens is 7. The van der Waals surface area contributed by atoms with Crippen molar-refractivity contribution in [3.8, 4) is 11.5 Å². The van der Waals surface area contributed by atoms with E-state index < -0.39 is 41.9 Å². The van der Waals surface area contributed by atoms with Crippen LogP contribution in [-0.4, -0.2) is 7.12 Å². The Bertz CT molecular complexity index is 753. The Morgan fingerprint density at radius 3 is 1.88 bits per heavy atom. The van der Waals surface area contributed by atoms with Crippen molar-refractivity contribution < 1.29 is 40.0 Å². The lowest BCUT2D eigenvalue weighted by Gasteiger charge is -2.14. The molecule has 10 heteroatoms. The fourth-order valence-corrected chi connectivity index (χ4v) is 2.19. The van der Waals surface area contributed by atoms with E-state index in [1.807, 2.05) is 0 Å². The first-order chi connectivity index (χ1) is 11.1. The smallest absolute Gasteiger partial charge is 0.519 e. The molecule has 0 aromatic heterocycles. The van der Waals surface area contributed by atoms with Gasteiger partial charge in [-0.2, -0.15) is 26.3 Å². The van der Waals surface area contributed by atoms with E-state index in [0.717, 1.165) is 6.07 Å². The molecule has 0 saturated carbocycles. The first kappa shape index (κ1) is 16.5. The van der Waals surface area contributed by atoms with Crippen molar-refractivity contribution in [3.63, 3.8) is 0 Å². The standard InChI is InChI=1S/C14H6BF7O2/c16-10-2-1-3-11-12(10)24-15(23-11)9-5-7(13(17,18)19)4-8(6-9)14(20,21)22/h1-6H. The number of fused-ring (bicyclic) bond motifs is 1. The molecule has 0 fully saturated rings. The lowest BCUT2D eigenvalue weighted by atomic mass is 9.77. The molecule has 0 atom stereocenters. The topological polar surface area (TPSA) is 18.5 Å². The largest absolute Gasteiger partial charge is 0.632 e. The monoisotopic (exact) mass is 350 g/mol. The first-order valence-electron chi connectivity index (χ1n) is 6.47. The van der Waals surface area contributed by atoms with Crippen LogP contribution in [0.25, 0.3) is 0 Å². The Balaban J connectivity index is 2.04. The van der Waals surface area contributed by atoms with Gasteiger partial charge < -0.3 is 9.31 Å². The summed E-state index contributed by atoms with van der Waals surface area (Å²) >= 11 is 0. The third-order valence-corrected chi connectivity index (χ3v) is 3.27. The predicted molar refractivity (Wildman–Crippen MR) is 69.5 cm³/mol. The van der Waals surface area contributed by atoms with Crippen LogP contribution in [0, 0.1) is 5.82 Å². The number of hydrogen-bond acceptors (Lipinski definition) is 2. The molecule has 0 saturated heterocycles. The molecule has 24 heavy (non-hydrogen) atoms. The number of hydrogen-bond donors (Lipinski definition) is 0. The molecular formula is C14H6BF7O2. The summed E-state index contributed by atoms with van der Waals surface area (Å²) in [5, 5.41) is 0. The summed E-state index contributed by atoms with van der Waals surface area (Å²) in [5.41, 5.74) is -3.53. The highest BCUT2D eigenvalue weighted by atomic mass is 19.4. The molecule has 0 spiro atoms. The molecule has 2 aromatic rings. The van der Waals surface area contributed by atoms with Crippen LogP contribution < -0.4 is 14.8 Å². The first-order valence-corrected chi connectivity index (χ1v) is 6.47. The van der Waals surface area contributed by atoms with E-state index in [1.165, 1.54) is 12.1 Å². The highest BCUT2D eigenvalue weighted by molar-refractivity contribution is 6.63. The molecule has 2 aromatic carbocycles. The summed E-state index contributed by atoms with van der Waals surface area (Å²) in [6, 6.07) is 4.53. The molecule has 0 N–H and O–H groups in total. The minimum atomic E-state index is -4.99. The number of alkyl halides is 6. The second-order valence-corrected chi connectivity index (χ2v) is 4.97. The van der Waals surface area contributed by atoms with Gasteiger partial charge in [0.1, 0.15) is 5.75 Å². The average molecular weight is 350 g/mol. The summed E-state index contributed by atoms with van der Waals surface area (Å²) in [5.74, 6) is -1.31. The van der Waals surface area contributed by atoms with Crippen LogP contribution >= 0.6 is 0 Å². The summed E-state index contributed by atoms with van der Waals surface area (Å²) in [7, 11) is -1.61. The van der Waals surface area contributed by atoms with Crippen molar-refractivity contribution in [2.45, 2.75) is 12.4 Å². The summed E-state index contributed by atoms with van der Waals surface area (Å²) in [6.45, 7) is 0. The van der Waals surface area contributed by atoms with E-state index >= 15 is 0 Å². The molecule has 0 amide bonds. The van der Waals surface area contributed by atoms with Crippen molar-refractivity contribution in [1.82, 2.24) is 0 Å². The van der Waals surface area contributed by atoms with Crippen molar-refractivity contribution in [2.75, 3.05) is 0 Å². The molecule has 2 nitrogen and oxygen atoms in total. The molecule has 0 unspecified atom stereocenters. The van der Waals surface area contributed by atoms with Crippen LogP contribution in [-0.2, 0) is 12.4 Å². The van der Waals surface area contributed by atoms with Gasteiger partial charge in [0.15, 0.2) is 11.6 Å². The van der Waals surface area contributed by atoms with Crippen LogP contribution in [0.3, 0.4) is 0 Å². The van der Waals surface area contributed by atoms with Gasteiger partial charge in [0.2, 0.25) is 0 Å². The zero-order chi connectivity index (χ0) is 17.7. The summed E-state index contributed by atoms with van der Waals surface area (Å²) in [4.78, 5) is 0. The van der Waals surface area contributed by atoms with Gasteiger partial charge in [0.25, 0.3) is 0 Å². The summed E-state index contributed by atoms with van der Waals surface area (Å²) < 4.78 is 101. The predicted octanol–water partition coefficient (Wildman–Crippen LogP) is 4.03. The molecule has 0 aliphatic carbocycles. The lowest BCUT2D eigenvalue weighted by molar-refractivity contribution is -0.142. The molecule has 1 aliphatic rings. The minimum Gasteiger partial charge on any atom is -0.519 e. The molecular weight excluding hydrogens is 344 g/mol. The lowest BCUT2D eigenvalue weighted by Crippen LogP contribution is -2.40. The van der Waals surface area contributed by atoms with Crippen LogP contribution in [0.15, 0.2) is 36.4 Å². The van der Waals surface area contributed by atoms with Crippen LogP contribution in [0.2, 0.25) is 0 Å². The Morgan fingerprint density at radius 1 is 0.792 bits per heavy atom. The Kier molecular flexibility index (Phi) is 3.65. The van der Waals surface area contributed by atoms with E-state index in [1.54, 1.807) is 0 Å². The fraction of sp³-hybridized carbons (Fsp3) is 0.143. The Hall–Kier alpha value is -2.39. The van der Waals surface area contributed by atoms with Gasteiger partial charge in [-0.05, 0) is 30.3 Å². The zero-order valence-electron chi connectivity index (χ0n) is 11.5. The maximum absolute atomic E-state index is 13.6. The average Bonchev–Trinajstić information content (AvgIpc) is 2.90. The Labute approximate surface area is 130 Å². The van der Waals surface area contributed by atoms with Gasteiger partial charge in [-0.15, -0.1) is 0 Å². The maximum atomic E-state index is 13.6. The van der Waals surface area contributed by atoms with Crippen LogP contribution in [0.4, 0.5) is 30.7 Å². The second kappa shape index (κ2) is 5.32. The molecule has 0 bridgehead atoms. The van der Waals surface area contributed by atoms with Crippen molar-refractivity contribution in [1.29, 1.82) is 0 Å². The number of rotatable bonds is 1. The van der Waals surface area contributed by atoms with Crippen molar-refractivity contribution in [3.05, 3.63) is 53.3 Å². The van der Waals surface area contributed by atoms with Crippen LogP contribution in [0.1, 0.15) is 11.1 Å². The van der Waals surface area contributed by atoms with Gasteiger partial charge in [-0.3, -0.25) is 0 Å².